The zero-order chi connectivity index (χ0) is 11.1. The summed E-state index contributed by atoms with van der Waals surface area (Å²) in [6.07, 6.45) is 2.29. The largest absolute Gasteiger partial charge is 0.506 e. The van der Waals surface area contributed by atoms with Crippen molar-refractivity contribution in [3.63, 3.8) is 0 Å². The monoisotopic (exact) mass is 221 g/mol. The normalized spacial score (nSPS) is 26.8. The zero-order valence-corrected chi connectivity index (χ0v) is 8.98. The molecule has 2 heterocycles. The van der Waals surface area contributed by atoms with E-state index in [9.17, 15) is 5.11 Å². The second-order valence-corrected chi connectivity index (χ2v) is 4.45. The van der Waals surface area contributed by atoms with E-state index in [4.69, 9.17) is 15.2 Å². The summed E-state index contributed by atoms with van der Waals surface area (Å²) in [5.74, 6) is 0.163. The Balaban J connectivity index is 1.89. The van der Waals surface area contributed by atoms with Crippen LogP contribution in [0.1, 0.15) is 11.1 Å². The first-order chi connectivity index (χ1) is 7.74. The molecule has 0 aromatic heterocycles. The average Bonchev–Trinajstić information content (AvgIpc) is 3.11. The van der Waals surface area contributed by atoms with Crippen LogP contribution in [-0.4, -0.2) is 30.5 Å². The molecule has 4 heteroatoms. The van der Waals surface area contributed by atoms with Gasteiger partial charge in [0.25, 0.3) is 0 Å². The first-order valence-corrected chi connectivity index (χ1v) is 5.56. The van der Waals surface area contributed by atoms with Gasteiger partial charge in [0.1, 0.15) is 5.75 Å². The Morgan fingerprint density at radius 3 is 2.44 bits per heavy atom. The minimum atomic E-state index is 0.163. The van der Waals surface area contributed by atoms with Crippen LogP contribution in [-0.2, 0) is 22.3 Å². The maximum absolute atomic E-state index is 9.61. The molecule has 2 saturated heterocycles. The van der Waals surface area contributed by atoms with E-state index in [0.717, 1.165) is 31.6 Å². The molecule has 2 fully saturated rings. The molecule has 0 amide bonds. The maximum Gasteiger partial charge on any atom is 0.138 e. The van der Waals surface area contributed by atoms with Crippen LogP contribution >= 0.6 is 0 Å². The highest BCUT2D eigenvalue weighted by molar-refractivity contribution is 5.61. The molecule has 0 spiro atoms. The van der Waals surface area contributed by atoms with Crippen LogP contribution < -0.4 is 5.73 Å². The zero-order valence-electron chi connectivity index (χ0n) is 8.98. The SMILES string of the molecule is Nc1c(O)ccc(CC2CO2)c1CC1CO1. The third-order valence-corrected chi connectivity index (χ3v) is 3.12. The van der Waals surface area contributed by atoms with Crippen molar-refractivity contribution in [3.8, 4) is 5.75 Å². The van der Waals surface area contributed by atoms with Crippen LogP contribution in [0.2, 0.25) is 0 Å². The summed E-state index contributed by atoms with van der Waals surface area (Å²) in [5, 5.41) is 9.61. The van der Waals surface area contributed by atoms with Crippen LogP contribution in [0.4, 0.5) is 5.69 Å². The molecule has 3 N–H and O–H groups in total. The van der Waals surface area contributed by atoms with Gasteiger partial charge in [-0.15, -0.1) is 0 Å². The first kappa shape index (κ1) is 9.93. The molecule has 0 radical (unpaired) electrons. The molecule has 86 valence electrons. The lowest BCUT2D eigenvalue weighted by atomic mass is 9.97. The van der Waals surface area contributed by atoms with Gasteiger partial charge in [-0.3, -0.25) is 0 Å². The molecular formula is C12H15NO3. The highest BCUT2D eigenvalue weighted by atomic mass is 16.6. The van der Waals surface area contributed by atoms with Crippen LogP contribution in [0, 0.1) is 0 Å². The second-order valence-electron chi connectivity index (χ2n) is 4.45. The highest BCUT2D eigenvalue weighted by Gasteiger charge is 2.28. The summed E-state index contributed by atoms with van der Waals surface area (Å²) in [4.78, 5) is 0. The van der Waals surface area contributed by atoms with Crippen molar-refractivity contribution in [3.05, 3.63) is 23.3 Å². The topological polar surface area (TPSA) is 71.3 Å². The number of aromatic hydroxyl groups is 1. The molecular weight excluding hydrogens is 206 g/mol. The number of rotatable bonds is 4. The Labute approximate surface area is 94.0 Å². The van der Waals surface area contributed by atoms with Crippen LogP contribution in [0.3, 0.4) is 0 Å². The Bertz CT molecular complexity index is 411. The van der Waals surface area contributed by atoms with E-state index < -0.39 is 0 Å². The van der Waals surface area contributed by atoms with E-state index in [1.165, 1.54) is 5.56 Å². The van der Waals surface area contributed by atoms with Gasteiger partial charge in [0.2, 0.25) is 0 Å². The van der Waals surface area contributed by atoms with Crippen LogP contribution in [0.5, 0.6) is 5.75 Å². The molecule has 2 atom stereocenters. The summed E-state index contributed by atoms with van der Waals surface area (Å²) in [5.41, 5.74) is 8.60. The van der Waals surface area contributed by atoms with Crippen LogP contribution in [0.15, 0.2) is 12.1 Å². The summed E-state index contributed by atoms with van der Waals surface area (Å²) in [7, 11) is 0. The van der Waals surface area contributed by atoms with Crippen molar-refractivity contribution >= 4 is 5.69 Å². The van der Waals surface area contributed by atoms with Crippen molar-refractivity contribution in [2.45, 2.75) is 25.0 Å². The molecule has 4 nitrogen and oxygen atoms in total. The lowest BCUT2D eigenvalue weighted by Gasteiger charge is -2.12. The number of benzene rings is 1. The minimum absolute atomic E-state index is 0.163. The lowest BCUT2D eigenvalue weighted by molar-refractivity contribution is 0.401. The number of hydrogen-bond acceptors (Lipinski definition) is 4. The van der Waals surface area contributed by atoms with E-state index >= 15 is 0 Å². The molecule has 0 saturated carbocycles. The Morgan fingerprint density at radius 1 is 1.19 bits per heavy atom. The van der Waals surface area contributed by atoms with Crippen molar-refractivity contribution in [1.82, 2.24) is 0 Å². The molecule has 0 bridgehead atoms. The lowest BCUT2D eigenvalue weighted by Crippen LogP contribution is -2.06. The Kier molecular flexibility index (Phi) is 2.26. The highest BCUT2D eigenvalue weighted by Crippen LogP contribution is 2.32. The number of nitrogen functional groups attached to an aromatic ring is 1. The van der Waals surface area contributed by atoms with E-state index in [1.807, 2.05) is 6.07 Å². The molecule has 2 unspecified atom stereocenters. The van der Waals surface area contributed by atoms with E-state index in [0.29, 0.717) is 11.8 Å². The number of ether oxygens (including phenoxy) is 2. The fourth-order valence-corrected chi connectivity index (χ4v) is 1.97. The molecule has 0 aliphatic carbocycles. The number of phenolic OH excluding ortho intramolecular Hbond substituents is 1. The quantitative estimate of drug-likeness (QED) is 0.449. The number of nitrogens with two attached hydrogens (primary N) is 1. The maximum atomic E-state index is 9.61. The molecule has 1 aromatic carbocycles. The number of anilines is 1. The van der Waals surface area contributed by atoms with Gasteiger partial charge in [-0.25, -0.2) is 0 Å². The molecule has 2 aliphatic rings. The Morgan fingerprint density at radius 2 is 1.81 bits per heavy atom. The molecule has 3 rings (SSSR count). The summed E-state index contributed by atoms with van der Waals surface area (Å²) < 4.78 is 10.4. The first-order valence-electron chi connectivity index (χ1n) is 5.56. The predicted molar refractivity (Wildman–Crippen MR) is 59.4 cm³/mol. The fourth-order valence-electron chi connectivity index (χ4n) is 1.97. The van der Waals surface area contributed by atoms with Gasteiger partial charge in [0.15, 0.2) is 0 Å². The minimum Gasteiger partial charge on any atom is -0.506 e. The molecule has 16 heavy (non-hydrogen) atoms. The van der Waals surface area contributed by atoms with Gasteiger partial charge >= 0.3 is 0 Å². The van der Waals surface area contributed by atoms with Crippen molar-refractivity contribution in [2.75, 3.05) is 18.9 Å². The van der Waals surface area contributed by atoms with Gasteiger partial charge < -0.3 is 20.3 Å². The van der Waals surface area contributed by atoms with Gasteiger partial charge in [-0.2, -0.15) is 0 Å². The summed E-state index contributed by atoms with van der Waals surface area (Å²) >= 11 is 0. The molecule has 2 aliphatic heterocycles. The van der Waals surface area contributed by atoms with Crippen molar-refractivity contribution < 1.29 is 14.6 Å². The van der Waals surface area contributed by atoms with E-state index in [2.05, 4.69) is 0 Å². The van der Waals surface area contributed by atoms with Crippen LogP contribution in [0.25, 0.3) is 0 Å². The van der Waals surface area contributed by atoms with Gasteiger partial charge in [0, 0.05) is 12.8 Å². The smallest absolute Gasteiger partial charge is 0.138 e. The van der Waals surface area contributed by atoms with Crippen molar-refractivity contribution in [1.29, 1.82) is 0 Å². The third kappa shape index (κ3) is 1.99. The van der Waals surface area contributed by atoms with E-state index in [-0.39, 0.29) is 11.9 Å². The van der Waals surface area contributed by atoms with Gasteiger partial charge in [-0.1, -0.05) is 6.07 Å². The third-order valence-electron chi connectivity index (χ3n) is 3.12. The Hall–Kier alpha value is -1.26. The fraction of sp³-hybridized carbons (Fsp3) is 0.500. The predicted octanol–water partition coefficient (Wildman–Crippen LogP) is 0.857. The molecule has 1 aromatic rings. The number of hydrogen-bond donors (Lipinski definition) is 2. The van der Waals surface area contributed by atoms with Crippen molar-refractivity contribution in [2.24, 2.45) is 0 Å². The second kappa shape index (κ2) is 3.64. The summed E-state index contributed by atoms with van der Waals surface area (Å²) in [6, 6.07) is 3.59. The van der Waals surface area contributed by atoms with E-state index in [1.54, 1.807) is 6.07 Å². The van der Waals surface area contributed by atoms with Gasteiger partial charge in [0.05, 0.1) is 31.1 Å². The van der Waals surface area contributed by atoms with Gasteiger partial charge in [-0.05, 0) is 17.2 Å². The standard InChI is InChI=1S/C12H15NO3/c13-12-10(4-9-6-16-9)7(1-2-11(12)14)3-8-5-15-8/h1-2,8-9,14H,3-6,13H2. The number of phenols is 1. The summed E-state index contributed by atoms with van der Waals surface area (Å²) in [6.45, 7) is 1.63. The number of epoxide rings is 2. The average molecular weight is 221 g/mol.